The van der Waals surface area contributed by atoms with Crippen molar-refractivity contribution in [1.29, 1.82) is 0 Å². The zero-order valence-corrected chi connectivity index (χ0v) is 12.3. The molecule has 0 bridgehead atoms. The normalized spacial score (nSPS) is 26.2. The fourth-order valence-electron chi connectivity index (χ4n) is 3.61. The van der Waals surface area contributed by atoms with E-state index in [9.17, 15) is 14.4 Å². The van der Waals surface area contributed by atoms with E-state index in [1.165, 1.54) is 11.3 Å². The van der Waals surface area contributed by atoms with Gasteiger partial charge in [-0.2, -0.15) is 0 Å². The van der Waals surface area contributed by atoms with Gasteiger partial charge in [-0.3, -0.25) is 14.4 Å². The van der Waals surface area contributed by atoms with Gasteiger partial charge in [0.25, 0.3) is 0 Å². The number of rotatable bonds is 0. The Hall–Kier alpha value is -1.65. The number of carbonyl (C=O) groups excluding carboxylic acids is 3. The number of nitrogens with zero attached hydrogens (tertiary/aromatic N) is 2. The number of Topliss-reactive ketones (excluding diaryl/α,β-unsaturated/α-hetero) is 1. The summed E-state index contributed by atoms with van der Waals surface area (Å²) in [5.74, 6) is -0.205. The molecular weight excluding hydrogens is 268 g/mol. The van der Waals surface area contributed by atoms with Crippen LogP contribution in [-0.4, -0.2) is 47.0 Å². The number of hydrogen-bond donors (Lipinski definition) is 0. The first-order chi connectivity index (χ1) is 10.2. The molecule has 5 nitrogen and oxygen atoms in total. The van der Waals surface area contributed by atoms with E-state index in [1.54, 1.807) is 4.90 Å². The highest BCUT2D eigenvalue weighted by Gasteiger charge is 2.35. The van der Waals surface area contributed by atoms with Gasteiger partial charge in [-0.25, -0.2) is 0 Å². The molecule has 1 aliphatic carbocycles. The number of likely N-dealkylation sites (tertiary alicyclic amines) is 2. The van der Waals surface area contributed by atoms with Gasteiger partial charge in [0.15, 0.2) is 0 Å². The van der Waals surface area contributed by atoms with Gasteiger partial charge in [-0.05, 0) is 38.0 Å². The van der Waals surface area contributed by atoms with Crippen molar-refractivity contribution in [3.8, 4) is 0 Å². The quantitative estimate of drug-likeness (QED) is 0.635. The third-order valence-corrected chi connectivity index (χ3v) is 4.81. The molecule has 2 amide bonds. The van der Waals surface area contributed by atoms with Crippen LogP contribution in [0.4, 0.5) is 0 Å². The molecule has 2 aliphatic heterocycles. The van der Waals surface area contributed by atoms with Crippen molar-refractivity contribution in [3.63, 3.8) is 0 Å². The average molecular weight is 290 g/mol. The Bertz CT molecular complexity index is 488. The van der Waals surface area contributed by atoms with Crippen LogP contribution in [-0.2, 0) is 14.4 Å². The summed E-state index contributed by atoms with van der Waals surface area (Å²) in [6.45, 7) is 1.43. The Labute approximate surface area is 125 Å². The molecular formula is C16H22N2O3. The second kappa shape index (κ2) is 6.00. The van der Waals surface area contributed by atoms with Crippen molar-refractivity contribution < 1.29 is 14.4 Å². The Balaban J connectivity index is 1.70. The van der Waals surface area contributed by atoms with E-state index in [1.807, 2.05) is 0 Å². The Morgan fingerprint density at radius 2 is 1.71 bits per heavy atom. The van der Waals surface area contributed by atoms with Crippen LogP contribution >= 0.6 is 0 Å². The van der Waals surface area contributed by atoms with E-state index >= 15 is 0 Å². The fourth-order valence-corrected chi connectivity index (χ4v) is 3.61. The Morgan fingerprint density at radius 1 is 1.00 bits per heavy atom. The topological polar surface area (TPSA) is 57.7 Å². The SMILES string of the molecule is O=C1CCN(C(=O)C(=O)N2CCCC3CCCC=C32)CC1. The van der Waals surface area contributed by atoms with Crippen molar-refractivity contribution in [2.45, 2.75) is 44.9 Å². The summed E-state index contributed by atoms with van der Waals surface area (Å²) in [6.07, 6.45) is 8.30. The van der Waals surface area contributed by atoms with Crippen LogP contribution in [0.2, 0.25) is 0 Å². The van der Waals surface area contributed by atoms with E-state index < -0.39 is 11.8 Å². The largest absolute Gasteiger partial charge is 0.334 e. The van der Waals surface area contributed by atoms with Gasteiger partial charge < -0.3 is 9.80 Å². The second-order valence-electron chi connectivity index (χ2n) is 6.19. The minimum atomic E-state index is -0.436. The van der Waals surface area contributed by atoms with Gasteiger partial charge in [0.2, 0.25) is 0 Å². The maximum atomic E-state index is 12.5. The smallest absolute Gasteiger partial charge is 0.316 e. The molecule has 0 spiro atoms. The van der Waals surface area contributed by atoms with Crippen molar-refractivity contribution in [2.75, 3.05) is 19.6 Å². The number of carbonyl (C=O) groups is 3. The van der Waals surface area contributed by atoms with Gasteiger partial charge in [-0.15, -0.1) is 0 Å². The first-order valence-electron chi connectivity index (χ1n) is 7.99. The monoisotopic (exact) mass is 290 g/mol. The average Bonchev–Trinajstić information content (AvgIpc) is 2.53. The van der Waals surface area contributed by atoms with Crippen LogP contribution in [0.1, 0.15) is 44.9 Å². The van der Waals surface area contributed by atoms with Crippen LogP contribution in [0.3, 0.4) is 0 Å². The molecule has 0 aromatic heterocycles. The van der Waals surface area contributed by atoms with Crippen LogP contribution in [0.5, 0.6) is 0 Å². The molecule has 1 unspecified atom stereocenters. The molecule has 3 rings (SSSR count). The van der Waals surface area contributed by atoms with Gasteiger partial charge in [0.05, 0.1) is 0 Å². The third-order valence-electron chi connectivity index (χ3n) is 4.81. The molecule has 0 N–H and O–H groups in total. The van der Waals surface area contributed by atoms with Gasteiger partial charge in [-0.1, -0.05) is 6.08 Å². The summed E-state index contributed by atoms with van der Waals surface area (Å²) in [5, 5.41) is 0. The number of amides is 2. The summed E-state index contributed by atoms with van der Waals surface area (Å²) in [5.41, 5.74) is 1.07. The van der Waals surface area contributed by atoms with E-state index in [-0.39, 0.29) is 5.78 Å². The molecule has 3 aliphatic rings. The van der Waals surface area contributed by atoms with E-state index in [0.29, 0.717) is 38.4 Å². The lowest BCUT2D eigenvalue weighted by atomic mass is 9.85. The highest BCUT2D eigenvalue weighted by molar-refractivity contribution is 6.35. The molecule has 114 valence electrons. The molecule has 2 saturated heterocycles. The predicted octanol–water partition coefficient (Wildman–Crippen LogP) is 1.48. The molecule has 2 heterocycles. The fraction of sp³-hybridized carbons (Fsp3) is 0.688. The van der Waals surface area contributed by atoms with E-state index in [4.69, 9.17) is 0 Å². The molecule has 1 atom stereocenters. The predicted molar refractivity (Wildman–Crippen MR) is 77.2 cm³/mol. The summed E-state index contributed by atoms with van der Waals surface area (Å²) >= 11 is 0. The molecule has 21 heavy (non-hydrogen) atoms. The van der Waals surface area contributed by atoms with Crippen molar-refractivity contribution in [3.05, 3.63) is 11.8 Å². The molecule has 2 fully saturated rings. The minimum Gasteiger partial charge on any atom is -0.334 e. The Kier molecular flexibility index (Phi) is 4.08. The first-order valence-corrected chi connectivity index (χ1v) is 7.99. The number of hydrogen-bond acceptors (Lipinski definition) is 3. The van der Waals surface area contributed by atoms with Crippen LogP contribution in [0.25, 0.3) is 0 Å². The van der Waals surface area contributed by atoms with Crippen molar-refractivity contribution in [1.82, 2.24) is 9.80 Å². The lowest BCUT2D eigenvalue weighted by Crippen LogP contribution is -2.50. The first kappa shape index (κ1) is 14.3. The van der Waals surface area contributed by atoms with E-state index in [0.717, 1.165) is 31.4 Å². The molecule has 0 aromatic carbocycles. The number of fused-ring (bicyclic) bond motifs is 1. The molecule has 0 saturated carbocycles. The maximum absolute atomic E-state index is 12.5. The molecule has 0 aromatic rings. The highest BCUT2D eigenvalue weighted by atomic mass is 16.2. The lowest BCUT2D eigenvalue weighted by Gasteiger charge is -2.38. The number of ketones is 1. The third kappa shape index (κ3) is 2.87. The summed E-state index contributed by atoms with van der Waals surface area (Å²) in [4.78, 5) is 39.4. The van der Waals surface area contributed by atoms with Crippen LogP contribution < -0.4 is 0 Å². The van der Waals surface area contributed by atoms with Crippen molar-refractivity contribution in [2.24, 2.45) is 5.92 Å². The zero-order chi connectivity index (χ0) is 14.8. The summed E-state index contributed by atoms with van der Waals surface area (Å²) < 4.78 is 0. The van der Waals surface area contributed by atoms with E-state index in [2.05, 4.69) is 6.08 Å². The highest BCUT2D eigenvalue weighted by Crippen LogP contribution is 2.35. The number of allylic oxidation sites excluding steroid dienone is 2. The van der Waals surface area contributed by atoms with Crippen LogP contribution in [0, 0.1) is 5.92 Å². The Morgan fingerprint density at radius 3 is 2.48 bits per heavy atom. The van der Waals surface area contributed by atoms with Gasteiger partial charge >= 0.3 is 11.8 Å². The number of piperidine rings is 2. The summed E-state index contributed by atoms with van der Waals surface area (Å²) in [6, 6.07) is 0. The van der Waals surface area contributed by atoms with Crippen molar-refractivity contribution >= 4 is 17.6 Å². The van der Waals surface area contributed by atoms with Gasteiger partial charge in [0.1, 0.15) is 5.78 Å². The minimum absolute atomic E-state index is 0.180. The molecule has 5 heteroatoms. The zero-order valence-electron chi connectivity index (χ0n) is 12.3. The van der Waals surface area contributed by atoms with Gasteiger partial charge in [0, 0.05) is 38.2 Å². The molecule has 0 radical (unpaired) electrons. The second-order valence-corrected chi connectivity index (χ2v) is 6.19. The summed E-state index contributed by atoms with van der Waals surface area (Å²) in [7, 11) is 0. The maximum Gasteiger partial charge on any atom is 0.316 e. The lowest BCUT2D eigenvalue weighted by molar-refractivity contribution is -0.152. The standard InChI is InChI=1S/C16H22N2O3/c19-13-7-10-17(11-8-13)15(20)16(21)18-9-3-5-12-4-1-2-6-14(12)18/h6,12H,1-5,7-11H2. The van der Waals surface area contributed by atoms with Crippen LogP contribution in [0.15, 0.2) is 11.8 Å².